The molecular weight excluding hydrogens is 358 g/mol. The number of anilines is 2. The molecule has 3 aromatic rings. The van der Waals surface area contributed by atoms with Gasteiger partial charge in [-0.3, -0.25) is 14.3 Å². The first-order valence-corrected chi connectivity index (χ1v) is 9.07. The number of aryl methyl sites for hydroxylation is 1. The van der Waals surface area contributed by atoms with E-state index in [1.807, 2.05) is 11.9 Å². The Morgan fingerprint density at radius 1 is 1.11 bits per heavy atom. The third-order valence-corrected chi connectivity index (χ3v) is 4.80. The Labute approximate surface area is 162 Å². The molecule has 2 amide bonds. The highest BCUT2D eigenvalue weighted by Gasteiger charge is 2.24. The number of piperazine rings is 1. The van der Waals surface area contributed by atoms with E-state index < -0.39 is 0 Å². The Bertz CT molecular complexity index is 1040. The molecule has 0 atom stereocenters. The lowest BCUT2D eigenvalue weighted by molar-refractivity contribution is -0.114. The van der Waals surface area contributed by atoms with Gasteiger partial charge in [0.25, 0.3) is 5.91 Å². The quantitative estimate of drug-likeness (QED) is 0.737. The first kappa shape index (κ1) is 17.9. The number of amides is 2. The molecule has 28 heavy (non-hydrogen) atoms. The molecule has 1 aromatic carbocycles. The Hall–Kier alpha value is -3.49. The lowest BCUT2D eigenvalue weighted by Crippen LogP contribution is -2.49. The van der Waals surface area contributed by atoms with Gasteiger partial charge in [0.05, 0.1) is 11.6 Å². The van der Waals surface area contributed by atoms with Crippen molar-refractivity contribution >= 4 is 34.4 Å². The molecule has 0 radical (unpaired) electrons. The molecule has 0 unspecified atom stereocenters. The maximum Gasteiger partial charge on any atom is 0.254 e. The minimum atomic E-state index is -0.162. The number of rotatable bonds is 3. The molecule has 1 saturated heterocycles. The lowest BCUT2D eigenvalue weighted by atomic mass is 10.1. The molecule has 4 rings (SSSR count). The standard InChI is InChI=1S/C19H21N7O2/c1-13(27)23-15-5-3-4-14(10-15)19(28)26-8-6-25(7-9-26)18-16-11-22-24(2)17(16)20-12-21-18/h3-5,10-12H,6-9H2,1-2H3,(H,23,27). The van der Waals surface area contributed by atoms with Crippen LogP contribution in [0, 0.1) is 0 Å². The minimum absolute atomic E-state index is 0.0407. The molecule has 9 heteroatoms. The van der Waals surface area contributed by atoms with Crippen LogP contribution in [-0.2, 0) is 11.8 Å². The maximum absolute atomic E-state index is 12.9. The van der Waals surface area contributed by atoms with Crippen molar-refractivity contribution in [2.45, 2.75) is 6.92 Å². The van der Waals surface area contributed by atoms with Crippen molar-refractivity contribution in [3.63, 3.8) is 0 Å². The first-order valence-electron chi connectivity index (χ1n) is 9.07. The normalized spacial score (nSPS) is 14.4. The van der Waals surface area contributed by atoms with Crippen LogP contribution in [0.5, 0.6) is 0 Å². The molecule has 0 aliphatic carbocycles. The van der Waals surface area contributed by atoms with Crippen molar-refractivity contribution in [3.05, 3.63) is 42.4 Å². The van der Waals surface area contributed by atoms with Gasteiger partial charge in [0.15, 0.2) is 5.65 Å². The number of carbonyl (C=O) groups is 2. The first-order chi connectivity index (χ1) is 13.5. The zero-order valence-electron chi connectivity index (χ0n) is 15.8. The van der Waals surface area contributed by atoms with E-state index in [0.717, 1.165) is 16.9 Å². The van der Waals surface area contributed by atoms with Crippen molar-refractivity contribution in [3.8, 4) is 0 Å². The van der Waals surface area contributed by atoms with Crippen LogP contribution in [0.1, 0.15) is 17.3 Å². The predicted molar refractivity (Wildman–Crippen MR) is 105 cm³/mol. The van der Waals surface area contributed by atoms with Crippen LogP contribution in [-0.4, -0.2) is 62.6 Å². The fraction of sp³-hybridized carbons (Fsp3) is 0.316. The van der Waals surface area contributed by atoms with Crippen molar-refractivity contribution < 1.29 is 9.59 Å². The molecule has 1 aliphatic rings. The van der Waals surface area contributed by atoms with Gasteiger partial charge in [-0.25, -0.2) is 9.97 Å². The average molecular weight is 379 g/mol. The van der Waals surface area contributed by atoms with Gasteiger partial charge in [-0.05, 0) is 18.2 Å². The minimum Gasteiger partial charge on any atom is -0.352 e. The number of fused-ring (bicyclic) bond motifs is 1. The Morgan fingerprint density at radius 3 is 2.64 bits per heavy atom. The van der Waals surface area contributed by atoms with Gasteiger partial charge in [-0.1, -0.05) is 6.07 Å². The summed E-state index contributed by atoms with van der Waals surface area (Å²) in [5, 5.41) is 7.88. The van der Waals surface area contributed by atoms with Crippen molar-refractivity contribution in [1.29, 1.82) is 0 Å². The Kier molecular flexibility index (Phi) is 4.64. The van der Waals surface area contributed by atoms with Crippen LogP contribution in [0.25, 0.3) is 11.0 Å². The molecule has 144 valence electrons. The van der Waals surface area contributed by atoms with Crippen LogP contribution in [0.4, 0.5) is 11.5 Å². The number of hydrogen-bond donors (Lipinski definition) is 1. The molecule has 0 spiro atoms. The van der Waals surface area contributed by atoms with Gasteiger partial charge in [0.1, 0.15) is 12.1 Å². The summed E-state index contributed by atoms with van der Waals surface area (Å²) in [5.41, 5.74) is 1.98. The second kappa shape index (κ2) is 7.26. The van der Waals surface area contributed by atoms with Gasteiger partial charge in [0, 0.05) is 51.4 Å². The smallest absolute Gasteiger partial charge is 0.254 e. The zero-order chi connectivity index (χ0) is 19.7. The molecule has 1 N–H and O–H groups in total. The molecule has 0 bridgehead atoms. The SMILES string of the molecule is CC(=O)Nc1cccc(C(=O)N2CCN(c3ncnc4c3cnn4C)CC2)c1. The number of nitrogens with zero attached hydrogens (tertiary/aromatic N) is 6. The molecule has 9 nitrogen and oxygen atoms in total. The summed E-state index contributed by atoms with van der Waals surface area (Å²) in [4.78, 5) is 36.8. The molecular formula is C19H21N7O2. The third-order valence-electron chi connectivity index (χ3n) is 4.80. The predicted octanol–water partition coefficient (Wildman–Crippen LogP) is 1.28. The van der Waals surface area contributed by atoms with Crippen LogP contribution in [0.2, 0.25) is 0 Å². The van der Waals surface area contributed by atoms with Crippen molar-refractivity contribution in [2.75, 3.05) is 36.4 Å². The van der Waals surface area contributed by atoms with E-state index in [4.69, 9.17) is 0 Å². The van der Waals surface area contributed by atoms with E-state index >= 15 is 0 Å². The highest BCUT2D eigenvalue weighted by Crippen LogP contribution is 2.23. The fourth-order valence-corrected chi connectivity index (χ4v) is 3.44. The fourth-order valence-electron chi connectivity index (χ4n) is 3.44. The summed E-state index contributed by atoms with van der Waals surface area (Å²) >= 11 is 0. The van der Waals surface area contributed by atoms with E-state index in [-0.39, 0.29) is 11.8 Å². The zero-order valence-corrected chi connectivity index (χ0v) is 15.8. The molecule has 1 fully saturated rings. The summed E-state index contributed by atoms with van der Waals surface area (Å²) < 4.78 is 1.72. The highest BCUT2D eigenvalue weighted by atomic mass is 16.2. The molecule has 1 aliphatic heterocycles. The van der Waals surface area contributed by atoms with Crippen LogP contribution >= 0.6 is 0 Å². The maximum atomic E-state index is 12.9. The van der Waals surface area contributed by atoms with E-state index in [1.54, 1.807) is 41.5 Å². The highest BCUT2D eigenvalue weighted by molar-refractivity contribution is 5.97. The molecule has 0 saturated carbocycles. The molecule has 3 heterocycles. The summed E-state index contributed by atoms with van der Waals surface area (Å²) in [6.07, 6.45) is 3.32. The monoisotopic (exact) mass is 379 g/mol. The third kappa shape index (κ3) is 3.38. The largest absolute Gasteiger partial charge is 0.352 e. The van der Waals surface area contributed by atoms with Gasteiger partial charge in [0.2, 0.25) is 5.91 Å². The second-order valence-corrected chi connectivity index (χ2v) is 6.74. The van der Waals surface area contributed by atoms with E-state index in [1.165, 1.54) is 6.92 Å². The Morgan fingerprint density at radius 2 is 1.89 bits per heavy atom. The van der Waals surface area contributed by atoms with Crippen LogP contribution in [0.3, 0.4) is 0 Å². The van der Waals surface area contributed by atoms with Crippen LogP contribution in [0.15, 0.2) is 36.8 Å². The van der Waals surface area contributed by atoms with Gasteiger partial charge >= 0.3 is 0 Å². The van der Waals surface area contributed by atoms with Gasteiger partial charge in [-0.15, -0.1) is 0 Å². The summed E-state index contributed by atoms with van der Waals surface area (Å²) in [6.45, 7) is 3.99. The number of nitrogens with one attached hydrogen (secondary N) is 1. The Balaban J connectivity index is 1.46. The molecule has 2 aromatic heterocycles. The van der Waals surface area contributed by atoms with Crippen molar-refractivity contribution in [1.82, 2.24) is 24.6 Å². The summed E-state index contributed by atoms with van der Waals surface area (Å²) in [5.74, 6) is 0.642. The summed E-state index contributed by atoms with van der Waals surface area (Å²) in [7, 11) is 1.85. The lowest BCUT2D eigenvalue weighted by Gasteiger charge is -2.35. The van der Waals surface area contributed by atoms with E-state index in [2.05, 4.69) is 25.3 Å². The number of carbonyl (C=O) groups excluding carboxylic acids is 2. The van der Waals surface area contributed by atoms with Gasteiger partial charge in [-0.2, -0.15) is 5.10 Å². The topological polar surface area (TPSA) is 96.2 Å². The van der Waals surface area contributed by atoms with E-state index in [0.29, 0.717) is 37.4 Å². The van der Waals surface area contributed by atoms with Gasteiger partial charge < -0.3 is 15.1 Å². The van der Waals surface area contributed by atoms with E-state index in [9.17, 15) is 9.59 Å². The average Bonchev–Trinajstić information content (AvgIpc) is 3.08. The van der Waals surface area contributed by atoms with Crippen LogP contribution < -0.4 is 10.2 Å². The number of aromatic nitrogens is 4. The number of hydrogen-bond acceptors (Lipinski definition) is 6. The summed E-state index contributed by atoms with van der Waals surface area (Å²) in [6, 6.07) is 7.02. The second-order valence-electron chi connectivity index (χ2n) is 6.74. The van der Waals surface area contributed by atoms with Crippen molar-refractivity contribution in [2.24, 2.45) is 7.05 Å². The number of benzene rings is 1.